The summed E-state index contributed by atoms with van der Waals surface area (Å²) in [5, 5.41) is 7.57. The highest BCUT2D eigenvalue weighted by Gasteiger charge is 2.17. The molecule has 0 amide bonds. The van der Waals surface area contributed by atoms with Gasteiger partial charge in [-0.2, -0.15) is 5.10 Å². The molecule has 20 heavy (non-hydrogen) atoms. The van der Waals surface area contributed by atoms with Crippen molar-refractivity contribution in [3.05, 3.63) is 41.5 Å². The van der Waals surface area contributed by atoms with E-state index < -0.39 is 0 Å². The number of aromatic nitrogens is 3. The summed E-state index contributed by atoms with van der Waals surface area (Å²) < 4.78 is 7.40. The molecule has 2 aromatic rings. The maximum absolute atomic E-state index is 5.48. The molecule has 1 atom stereocenters. The summed E-state index contributed by atoms with van der Waals surface area (Å²) in [4.78, 5) is 4.35. The number of nitrogens with one attached hydrogen (secondary N) is 1. The molecule has 0 spiro atoms. The van der Waals surface area contributed by atoms with Crippen molar-refractivity contribution in [2.75, 3.05) is 14.2 Å². The average Bonchev–Trinajstić information content (AvgIpc) is 2.91. The van der Waals surface area contributed by atoms with Crippen LogP contribution in [0.1, 0.15) is 29.9 Å². The maximum Gasteiger partial charge on any atom is 0.138 e. The zero-order valence-electron chi connectivity index (χ0n) is 12.6. The molecular formula is C15H22N4O. The van der Waals surface area contributed by atoms with Gasteiger partial charge in [0, 0.05) is 24.6 Å². The Bertz CT molecular complexity index is 565. The third kappa shape index (κ3) is 2.99. The maximum atomic E-state index is 5.48. The standard InChI is InChI=1S/C15H22N4O/c1-5-19-15(17-10-18-19)9-13(16-3)12-8-11(2)6-7-14(12)20-4/h6-8,10,13,16H,5,9H2,1-4H3. The van der Waals surface area contributed by atoms with E-state index in [0.717, 1.165) is 30.1 Å². The van der Waals surface area contributed by atoms with E-state index in [1.165, 1.54) is 5.56 Å². The number of aryl methyl sites for hydroxylation is 2. The van der Waals surface area contributed by atoms with Crippen LogP contribution in [0.4, 0.5) is 0 Å². The Balaban J connectivity index is 2.30. The summed E-state index contributed by atoms with van der Waals surface area (Å²) in [5.74, 6) is 1.88. The van der Waals surface area contributed by atoms with Crippen molar-refractivity contribution in [2.24, 2.45) is 0 Å². The smallest absolute Gasteiger partial charge is 0.138 e. The van der Waals surface area contributed by atoms with Crippen molar-refractivity contribution < 1.29 is 4.74 Å². The molecule has 0 aliphatic carbocycles. The predicted molar refractivity (Wildman–Crippen MR) is 78.9 cm³/mol. The van der Waals surface area contributed by atoms with E-state index in [0.29, 0.717) is 0 Å². The fourth-order valence-corrected chi connectivity index (χ4v) is 2.39. The SMILES string of the molecule is CCn1ncnc1CC(NC)c1cc(C)ccc1OC. The van der Waals surface area contributed by atoms with Crippen molar-refractivity contribution in [3.8, 4) is 5.75 Å². The fourth-order valence-electron chi connectivity index (χ4n) is 2.39. The second-order valence-electron chi connectivity index (χ2n) is 4.78. The second kappa shape index (κ2) is 6.52. The lowest BCUT2D eigenvalue weighted by molar-refractivity contribution is 0.399. The second-order valence-corrected chi connectivity index (χ2v) is 4.78. The van der Waals surface area contributed by atoms with Crippen molar-refractivity contribution in [2.45, 2.75) is 32.9 Å². The van der Waals surface area contributed by atoms with Crippen LogP contribution >= 0.6 is 0 Å². The van der Waals surface area contributed by atoms with Gasteiger partial charge in [0.2, 0.25) is 0 Å². The highest BCUT2D eigenvalue weighted by atomic mass is 16.5. The number of ether oxygens (including phenoxy) is 1. The predicted octanol–water partition coefficient (Wildman–Crippen LogP) is 2.12. The summed E-state index contributed by atoms with van der Waals surface area (Å²) in [5.41, 5.74) is 2.37. The van der Waals surface area contributed by atoms with E-state index in [9.17, 15) is 0 Å². The van der Waals surface area contributed by atoms with E-state index in [1.807, 2.05) is 17.8 Å². The Morgan fingerprint density at radius 2 is 2.20 bits per heavy atom. The van der Waals surface area contributed by atoms with Crippen LogP contribution in [-0.4, -0.2) is 28.9 Å². The molecule has 108 valence electrons. The Kier molecular flexibility index (Phi) is 4.74. The highest BCUT2D eigenvalue weighted by Crippen LogP contribution is 2.28. The van der Waals surface area contributed by atoms with Gasteiger partial charge in [0.25, 0.3) is 0 Å². The first-order chi connectivity index (χ1) is 9.69. The Morgan fingerprint density at radius 1 is 1.40 bits per heavy atom. The average molecular weight is 274 g/mol. The van der Waals surface area contributed by atoms with Gasteiger partial charge in [-0.3, -0.25) is 4.68 Å². The van der Waals surface area contributed by atoms with Gasteiger partial charge in [-0.25, -0.2) is 4.98 Å². The van der Waals surface area contributed by atoms with E-state index >= 15 is 0 Å². The van der Waals surface area contributed by atoms with Crippen LogP contribution in [0.3, 0.4) is 0 Å². The highest BCUT2D eigenvalue weighted by molar-refractivity contribution is 5.39. The first kappa shape index (κ1) is 14.5. The number of methoxy groups -OCH3 is 1. The zero-order chi connectivity index (χ0) is 14.5. The number of hydrogen-bond acceptors (Lipinski definition) is 4. The fraction of sp³-hybridized carbons (Fsp3) is 0.467. The summed E-state index contributed by atoms with van der Waals surface area (Å²) in [6.45, 7) is 4.99. The molecule has 5 nitrogen and oxygen atoms in total. The van der Waals surface area contributed by atoms with Gasteiger partial charge in [0.15, 0.2) is 0 Å². The van der Waals surface area contributed by atoms with Gasteiger partial charge in [-0.1, -0.05) is 17.7 Å². The normalized spacial score (nSPS) is 12.4. The number of hydrogen-bond donors (Lipinski definition) is 1. The number of likely N-dealkylation sites (N-methyl/N-ethyl adjacent to an activating group) is 1. The molecular weight excluding hydrogens is 252 g/mol. The Labute approximate surface area is 120 Å². The van der Waals surface area contributed by atoms with E-state index in [4.69, 9.17) is 4.74 Å². The molecule has 0 bridgehead atoms. The molecule has 0 aliphatic rings. The Hall–Kier alpha value is -1.88. The van der Waals surface area contributed by atoms with Gasteiger partial charge in [-0.05, 0) is 27.0 Å². The van der Waals surface area contributed by atoms with Crippen LogP contribution in [-0.2, 0) is 13.0 Å². The van der Waals surface area contributed by atoms with Crippen LogP contribution < -0.4 is 10.1 Å². The van der Waals surface area contributed by atoms with Crippen LogP contribution in [0.2, 0.25) is 0 Å². The topological polar surface area (TPSA) is 52.0 Å². The number of benzene rings is 1. The molecule has 0 saturated carbocycles. The lowest BCUT2D eigenvalue weighted by Crippen LogP contribution is -2.21. The lowest BCUT2D eigenvalue weighted by atomic mass is 10.00. The molecule has 2 rings (SSSR count). The summed E-state index contributed by atoms with van der Waals surface area (Å²) in [7, 11) is 3.66. The largest absolute Gasteiger partial charge is 0.496 e. The molecule has 1 aromatic heterocycles. The van der Waals surface area contributed by atoms with E-state index in [1.54, 1.807) is 13.4 Å². The van der Waals surface area contributed by atoms with Crippen molar-refractivity contribution >= 4 is 0 Å². The Morgan fingerprint density at radius 3 is 2.85 bits per heavy atom. The van der Waals surface area contributed by atoms with Crippen LogP contribution in [0, 0.1) is 6.92 Å². The van der Waals surface area contributed by atoms with Gasteiger partial charge >= 0.3 is 0 Å². The molecule has 1 aromatic carbocycles. The molecule has 0 aliphatic heterocycles. The van der Waals surface area contributed by atoms with Gasteiger partial charge in [-0.15, -0.1) is 0 Å². The van der Waals surface area contributed by atoms with E-state index in [-0.39, 0.29) is 6.04 Å². The van der Waals surface area contributed by atoms with Gasteiger partial charge < -0.3 is 10.1 Å². The van der Waals surface area contributed by atoms with Gasteiger partial charge in [0.05, 0.1) is 7.11 Å². The first-order valence-corrected chi connectivity index (χ1v) is 6.88. The molecule has 1 unspecified atom stereocenters. The van der Waals surface area contributed by atoms with Crippen molar-refractivity contribution in [3.63, 3.8) is 0 Å². The molecule has 0 saturated heterocycles. The van der Waals surface area contributed by atoms with Crippen molar-refractivity contribution in [1.29, 1.82) is 0 Å². The minimum atomic E-state index is 0.152. The molecule has 5 heteroatoms. The molecule has 1 N–H and O–H groups in total. The minimum absolute atomic E-state index is 0.152. The number of rotatable bonds is 6. The van der Waals surface area contributed by atoms with Crippen LogP contribution in [0.25, 0.3) is 0 Å². The summed E-state index contributed by atoms with van der Waals surface area (Å²) in [6, 6.07) is 6.38. The molecule has 1 heterocycles. The quantitative estimate of drug-likeness (QED) is 0.876. The molecule has 0 fully saturated rings. The third-order valence-corrected chi connectivity index (χ3v) is 3.49. The lowest BCUT2D eigenvalue weighted by Gasteiger charge is -2.19. The third-order valence-electron chi connectivity index (χ3n) is 3.49. The minimum Gasteiger partial charge on any atom is -0.496 e. The summed E-state index contributed by atoms with van der Waals surface area (Å²) >= 11 is 0. The van der Waals surface area contributed by atoms with Crippen molar-refractivity contribution in [1.82, 2.24) is 20.1 Å². The monoisotopic (exact) mass is 274 g/mol. The zero-order valence-corrected chi connectivity index (χ0v) is 12.6. The van der Waals surface area contributed by atoms with E-state index in [2.05, 4.69) is 41.4 Å². The summed E-state index contributed by atoms with van der Waals surface area (Å²) in [6.07, 6.45) is 2.39. The van der Waals surface area contributed by atoms with Crippen LogP contribution in [0.5, 0.6) is 5.75 Å². The number of nitrogens with zero attached hydrogens (tertiary/aromatic N) is 3. The first-order valence-electron chi connectivity index (χ1n) is 6.88. The van der Waals surface area contributed by atoms with Crippen LogP contribution in [0.15, 0.2) is 24.5 Å². The molecule has 0 radical (unpaired) electrons. The van der Waals surface area contributed by atoms with Gasteiger partial charge in [0.1, 0.15) is 17.9 Å².